The second-order valence-electron chi connectivity index (χ2n) is 4.14. The van der Waals surface area contributed by atoms with E-state index in [1.54, 1.807) is 23.0 Å². The maximum atomic E-state index is 10.8. The molecule has 6 nitrogen and oxygen atoms in total. The number of carboxylic acids is 1. The Balaban J connectivity index is 1.94. The maximum absolute atomic E-state index is 10.8. The molecule has 0 aliphatic carbocycles. The molecular formula is C13H10N4O2S. The third-order valence-corrected chi connectivity index (χ3v) is 3.62. The molecule has 0 aliphatic rings. The van der Waals surface area contributed by atoms with Crippen molar-refractivity contribution < 1.29 is 9.90 Å². The topological polar surface area (TPSA) is 80.4 Å². The molecule has 0 aliphatic heterocycles. The first-order valence-electron chi connectivity index (χ1n) is 5.82. The third kappa shape index (κ3) is 2.35. The van der Waals surface area contributed by atoms with Crippen LogP contribution in [0, 0.1) is 6.92 Å². The van der Waals surface area contributed by atoms with Gasteiger partial charge in [0, 0.05) is 18.6 Å². The minimum Gasteiger partial charge on any atom is -0.478 e. The standard InChI is InChI=1S/C13H10N4O2S/c1-8-6-10-12(14-4-5-17(10)16-8)20-11-3-2-9(7-15-11)13(18)19/h2-7H,1H3,(H,18,19). The van der Waals surface area contributed by atoms with E-state index in [1.165, 1.54) is 24.0 Å². The summed E-state index contributed by atoms with van der Waals surface area (Å²) in [5.41, 5.74) is 1.98. The fraction of sp³-hybridized carbons (Fsp3) is 0.0769. The number of hydrogen-bond donors (Lipinski definition) is 1. The van der Waals surface area contributed by atoms with Crippen LogP contribution in [0.4, 0.5) is 0 Å². The summed E-state index contributed by atoms with van der Waals surface area (Å²) in [5, 5.41) is 14.6. The predicted molar refractivity (Wildman–Crippen MR) is 73.0 cm³/mol. The number of nitrogens with zero attached hydrogens (tertiary/aromatic N) is 4. The average Bonchev–Trinajstić information content (AvgIpc) is 2.81. The number of hydrogen-bond acceptors (Lipinski definition) is 5. The molecule has 1 N–H and O–H groups in total. The highest BCUT2D eigenvalue weighted by atomic mass is 32.2. The van der Waals surface area contributed by atoms with Crippen molar-refractivity contribution in [1.82, 2.24) is 19.6 Å². The van der Waals surface area contributed by atoms with Crippen molar-refractivity contribution in [2.75, 3.05) is 0 Å². The molecule has 0 atom stereocenters. The first-order chi connectivity index (χ1) is 9.63. The van der Waals surface area contributed by atoms with E-state index < -0.39 is 5.97 Å². The van der Waals surface area contributed by atoms with Gasteiger partial charge in [-0.25, -0.2) is 19.3 Å². The van der Waals surface area contributed by atoms with Crippen molar-refractivity contribution in [3.63, 3.8) is 0 Å². The first kappa shape index (κ1) is 12.6. The first-order valence-corrected chi connectivity index (χ1v) is 6.63. The van der Waals surface area contributed by atoms with Crippen LogP contribution in [0.2, 0.25) is 0 Å². The molecule has 20 heavy (non-hydrogen) atoms. The van der Waals surface area contributed by atoms with Gasteiger partial charge in [-0.05, 0) is 36.9 Å². The minimum absolute atomic E-state index is 0.167. The van der Waals surface area contributed by atoms with Crippen LogP contribution in [0.5, 0.6) is 0 Å². The number of fused-ring (bicyclic) bond motifs is 1. The highest BCUT2D eigenvalue weighted by Gasteiger charge is 2.09. The fourth-order valence-corrected chi connectivity index (χ4v) is 2.58. The summed E-state index contributed by atoms with van der Waals surface area (Å²) in [6.45, 7) is 1.92. The number of pyridine rings is 1. The van der Waals surface area contributed by atoms with Crippen molar-refractivity contribution in [3.8, 4) is 0 Å². The Hall–Kier alpha value is -2.41. The van der Waals surface area contributed by atoms with E-state index in [0.29, 0.717) is 5.03 Å². The van der Waals surface area contributed by atoms with Gasteiger partial charge in [0.1, 0.15) is 10.1 Å². The maximum Gasteiger partial charge on any atom is 0.337 e. The summed E-state index contributed by atoms with van der Waals surface area (Å²) in [4.78, 5) is 19.2. The molecule has 0 aromatic carbocycles. The summed E-state index contributed by atoms with van der Waals surface area (Å²) in [6.07, 6.45) is 4.80. The molecule has 0 bridgehead atoms. The van der Waals surface area contributed by atoms with Crippen LogP contribution in [0.3, 0.4) is 0 Å². The van der Waals surface area contributed by atoms with Gasteiger partial charge in [0.05, 0.1) is 16.8 Å². The van der Waals surface area contributed by atoms with Gasteiger partial charge in [-0.15, -0.1) is 0 Å². The molecule has 0 unspecified atom stereocenters. The molecule has 0 saturated heterocycles. The molecule has 3 aromatic heterocycles. The fourth-order valence-electron chi connectivity index (χ4n) is 1.77. The number of aromatic carboxylic acids is 1. The highest BCUT2D eigenvalue weighted by Crippen LogP contribution is 2.27. The van der Waals surface area contributed by atoms with E-state index in [0.717, 1.165) is 16.2 Å². The molecule has 0 amide bonds. The molecule has 3 heterocycles. The number of aromatic nitrogens is 4. The van der Waals surface area contributed by atoms with Crippen molar-refractivity contribution in [3.05, 3.63) is 48.0 Å². The van der Waals surface area contributed by atoms with Gasteiger partial charge in [0.2, 0.25) is 0 Å². The van der Waals surface area contributed by atoms with E-state index in [1.807, 2.05) is 13.0 Å². The van der Waals surface area contributed by atoms with Crippen LogP contribution < -0.4 is 0 Å². The molecule has 0 radical (unpaired) electrons. The number of carbonyl (C=O) groups is 1. The Bertz CT molecular complexity index is 783. The zero-order valence-electron chi connectivity index (χ0n) is 10.5. The Labute approximate surface area is 118 Å². The molecular weight excluding hydrogens is 276 g/mol. The molecule has 100 valence electrons. The Morgan fingerprint density at radius 2 is 2.20 bits per heavy atom. The van der Waals surface area contributed by atoms with Crippen molar-refractivity contribution in [1.29, 1.82) is 0 Å². The zero-order chi connectivity index (χ0) is 14.1. The third-order valence-electron chi connectivity index (χ3n) is 2.66. The van der Waals surface area contributed by atoms with Crippen molar-refractivity contribution >= 4 is 23.2 Å². The molecule has 3 aromatic rings. The summed E-state index contributed by atoms with van der Waals surface area (Å²) >= 11 is 1.37. The van der Waals surface area contributed by atoms with Crippen molar-refractivity contribution in [2.24, 2.45) is 0 Å². The lowest BCUT2D eigenvalue weighted by atomic mass is 10.3. The van der Waals surface area contributed by atoms with E-state index in [4.69, 9.17) is 5.11 Å². The summed E-state index contributed by atoms with van der Waals surface area (Å²) < 4.78 is 1.76. The smallest absolute Gasteiger partial charge is 0.337 e. The largest absolute Gasteiger partial charge is 0.478 e. The van der Waals surface area contributed by atoms with Gasteiger partial charge < -0.3 is 5.11 Å². The monoisotopic (exact) mass is 286 g/mol. The van der Waals surface area contributed by atoms with Gasteiger partial charge in [0.25, 0.3) is 0 Å². The Morgan fingerprint density at radius 3 is 2.90 bits per heavy atom. The number of aryl methyl sites for hydroxylation is 1. The molecule has 7 heteroatoms. The second-order valence-corrected chi connectivity index (χ2v) is 5.15. The number of carboxylic acid groups (broad SMARTS) is 1. The van der Waals surface area contributed by atoms with Gasteiger partial charge in [0.15, 0.2) is 0 Å². The quantitative estimate of drug-likeness (QED) is 0.795. The average molecular weight is 286 g/mol. The van der Waals surface area contributed by atoms with Gasteiger partial charge in [-0.2, -0.15) is 5.10 Å². The Morgan fingerprint density at radius 1 is 1.35 bits per heavy atom. The normalized spacial score (nSPS) is 10.8. The second kappa shape index (κ2) is 4.93. The molecule has 0 saturated carbocycles. The summed E-state index contributed by atoms with van der Waals surface area (Å²) in [5.74, 6) is -0.985. The summed E-state index contributed by atoms with van der Waals surface area (Å²) in [6, 6.07) is 5.14. The zero-order valence-corrected chi connectivity index (χ0v) is 11.3. The van der Waals surface area contributed by atoms with Crippen LogP contribution >= 0.6 is 11.8 Å². The SMILES string of the molecule is Cc1cc2c(Sc3ccc(C(=O)O)cn3)nccn2n1. The highest BCUT2D eigenvalue weighted by molar-refractivity contribution is 7.99. The predicted octanol–water partition coefficient (Wildman–Crippen LogP) is 2.28. The van der Waals surface area contributed by atoms with E-state index >= 15 is 0 Å². The van der Waals surface area contributed by atoms with Crippen LogP contribution in [-0.4, -0.2) is 30.7 Å². The van der Waals surface area contributed by atoms with E-state index in [2.05, 4.69) is 15.1 Å². The van der Waals surface area contributed by atoms with Crippen LogP contribution in [0.1, 0.15) is 16.1 Å². The van der Waals surface area contributed by atoms with E-state index in [-0.39, 0.29) is 5.56 Å². The molecule has 3 rings (SSSR count). The summed E-state index contributed by atoms with van der Waals surface area (Å²) in [7, 11) is 0. The van der Waals surface area contributed by atoms with Gasteiger partial charge in [-0.1, -0.05) is 0 Å². The van der Waals surface area contributed by atoms with Gasteiger partial charge in [-0.3, -0.25) is 0 Å². The van der Waals surface area contributed by atoms with Crippen LogP contribution in [-0.2, 0) is 0 Å². The van der Waals surface area contributed by atoms with Crippen molar-refractivity contribution in [2.45, 2.75) is 17.0 Å². The molecule has 0 fully saturated rings. The lowest BCUT2D eigenvalue weighted by molar-refractivity contribution is 0.0696. The lowest BCUT2D eigenvalue weighted by Crippen LogP contribution is -1.97. The Kier molecular flexibility index (Phi) is 3.11. The molecule has 0 spiro atoms. The van der Waals surface area contributed by atoms with Crippen LogP contribution in [0.15, 0.2) is 46.8 Å². The minimum atomic E-state index is -0.985. The van der Waals surface area contributed by atoms with E-state index in [9.17, 15) is 4.79 Å². The van der Waals surface area contributed by atoms with Gasteiger partial charge >= 0.3 is 5.97 Å². The number of rotatable bonds is 3. The lowest BCUT2D eigenvalue weighted by Gasteiger charge is -2.02. The van der Waals surface area contributed by atoms with Crippen LogP contribution in [0.25, 0.3) is 5.52 Å².